The lowest BCUT2D eigenvalue weighted by molar-refractivity contribution is -0.137. The summed E-state index contributed by atoms with van der Waals surface area (Å²) < 4.78 is 48.8. The number of nitrogen functional groups attached to an aromatic ring is 1. The van der Waals surface area contributed by atoms with Crippen molar-refractivity contribution < 1.29 is 56.7 Å². The number of carbonyl (C=O) groups excluding carboxylic acids is 3. The largest absolute Gasteiger partial charge is 0.422 e. The Balaban J connectivity index is 0.991. The minimum absolute atomic E-state index is 0.0825. The SMILES string of the molecule is Cc1c(CC(=O)NCCOCCOCCOCCOCCOCCOCCOCCOCCN2C(=O)C=CC2=O)c(=O)oc2cc(N)ccc12. The summed E-state index contributed by atoms with van der Waals surface area (Å²) >= 11 is 0. The summed E-state index contributed by atoms with van der Waals surface area (Å²) in [6.07, 6.45) is 2.41. The van der Waals surface area contributed by atoms with Crippen LogP contribution in [0.4, 0.5) is 5.69 Å². The van der Waals surface area contributed by atoms with Crippen LogP contribution in [0.3, 0.4) is 0 Å². The van der Waals surface area contributed by atoms with Gasteiger partial charge in [0.1, 0.15) is 5.58 Å². The Bertz CT molecular complexity index is 1400. The van der Waals surface area contributed by atoms with E-state index in [1.54, 1.807) is 25.1 Å². The molecule has 3 amide bonds. The Hall–Kier alpha value is -3.74. The number of imide groups is 1. The van der Waals surface area contributed by atoms with E-state index in [-0.39, 0.29) is 37.3 Å². The van der Waals surface area contributed by atoms with E-state index in [1.807, 2.05) is 0 Å². The van der Waals surface area contributed by atoms with Gasteiger partial charge in [-0.3, -0.25) is 19.3 Å². The van der Waals surface area contributed by atoms with Gasteiger partial charge >= 0.3 is 5.63 Å². The number of carbonyl (C=O) groups is 3. The van der Waals surface area contributed by atoms with Crippen LogP contribution >= 0.6 is 0 Å². The van der Waals surface area contributed by atoms with E-state index in [4.69, 9.17) is 48.0 Å². The van der Waals surface area contributed by atoms with Crippen molar-refractivity contribution in [3.05, 3.63) is 51.9 Å². The second-order valence-corrected chi connectivity index (χ2v) is 10.8. The molecule has 0 spiro atoms. The fourth-order valence-electron chi connectivity index (χ4n) is 4.55. The Morgan fingerprint density at radius 1 is 0.680 bits per heavy atom. The molecule has 2 aromatic rings. The van der Waals surface area contributed by atoms with Gasteiger partial charge in [0.05, 0.1) is 124 Å². The fourth-order valence-corrected chi connectivity index (χ4v) is 4.55. The fraction of sp³-hybridized carbons (Fsp3) is 0.588. The summed E-state index contributed by atoms with van der Waals surface area (Å²) in [6.45, 7) is 8.83. The van der Waals surface area contributed by atoms with Crippen molar-refractivity contribution >= 4 is 34.4 Å². The van der Waals surface area contributed by atoms with Crippen LogP contribution in [0, 0.1) is 6.92 Å². The summed E-state index contributed by atoms with van der Waals surface area (Å²) in [5.74, 6) is -0.925. The smallest absolute Gasteiger partial charge is 0.340 e. The molecular weight excluding hydrogens is 658 g/mol. The monoisotopic (exact) mass is 707 g/mol. The molecule has 50 heavy (non-hydrogen) atoms. The van der Waals surface area contributed by atoms with E-state index >= 15 is 0 Å². The van der Waals surface area contributed by atoms with Gasteiger partial charge in [0.15, 0.2) is 0 Å². The van der Waals surface area contributed by atoms with Gasteiger partial charge in [-0.1, -0.05) is 0 Å². The minimum atomic E-state index is -0.546. The average Bonchev–Trinajstić information content (AvgIpc) is 3.42. The number of nitrogens with zero attached hydrogens (tertiary/aromatic N) is 1. The zero-order chi connectivity index (χ0) is 35.8. The maximum Gasteiger partial charge on any atom is 0.340 e. The van der Waals surface area contributed by atoms with Crippen molar-refractivity contribution in [2.75, 3.05) is 125 Å². The van der Waals surface area contributed by atoms with E-state index in [0.717, 1.165) is 10.3 Å². The summed E-state index contributed by atoms with van der Waals surface area (Å²) in [4.78, 5) is 48.6. The van der Waals surface area contributed by atoms with Gasteiger partial charge in [-0.05, 0) is 24.6 Å². The molecule has 3 N–H and O–H groups in total. The molecule has 1 aromatic carbocycles. The number of hydrogen-bond acceptors (Lipinski definition) is 14. The third-order valence-corrected chi connectivity index (χ3v) is 7.18. The molecule has 1 aromatic heterocycles. The number of hydrogen-bond donors (Lipinski definition) is 2. The highest BCUT2D eigenvalue weighted by atomic mass is 16.6. The molecule has 2 heterocycles. The molecule has 0 unspecified atom stereocenters. The molecule has 0 saturated carbocycles. The van der Waals surface area contributed by atoms with Gasteiger partial charge in [0, 0.05) is 35.8 Å². The maximum absolute atomic E-state index is 12.4. The predicted octanol–water partition coefficient (Wildman–Crippen LogP) is 0.400. The van der Waals surface area contributed by atoms with Gasteiger partial charge in [0.2, 0.25) is 5.91 Å². The van der Waals surface area contributed by atoms with Crippen molar-refractivity contribution in [3.8, 4) is 0 Å². The lowest BCUT2D eigenvalue weighted by atomic mass is 10.0. The highest BCUT2D eigenvalue weighted by Crippen LogP contribution is 2.21. The molecule has 0 bridgehead atoms. The van der Waals surface area contributed by atoms with Crippen LogP contribution in [0.2, 0.25) is 0 Å². The second-order valence-electron chi connectivity index (χ2n) is 10.8. The molecule has 0 fully saturated rings. The van der Waals surface area contributed by atoms with Crippen molar-refractivity contribution in [2.45, 2.75) is 13.3 Å². The van der Waals surface area contributed by atoms with Gasteiger partial charge < -0.3 is 53.4 Å². The van der Waals surface area contributed by atoms with Crippen molar-refractivity contribution in [3.63, 3.8) is 0 Å². The number of fused-ring (bicyclic) bond motifs is 1. The number of aryl methyl sites for hydroxylation is 1. The van der Waals surface area contributed by atoms with E-state index in [0.29, 0.717) is 128 Å². The van der Waals surface area contributed by atoms with Crippen molar-refractivity contribution in [1.29, 1.82) is 0 Å². The Morgan fingerprint density at radius 2 is 1.12 bits per heavy atom. The molecule has 0 saturated heterocycles. The molecule has 278 valence electrons. The third kappa shape index (κ3) is 15.9. The van der Waals surface area contributed by atoms with Gasteiger partial charge in [-0.15, -0.1) is 0 Å². The maximum atomic E-state index is 12.4. The van der Waals surface area contributed by atoms with Crippen LogP contribution in [0.1, 0.15) is 11.1 Å². The number of nitrogens with one attached hydrogen (secondary N) is 1. The quantitative estimate of drug-likeness (QED) is 0.0510. The molecular formula is C34H49N3O13. The highest BCUT2D eigenvalue weighted by Gasteiger charge is 2.22. The Kier molecular flexibility index (Phi) is 19.9. The van der Waals surface area contributed by atoms with Gasteiger partial charge in [0.25, 0.3) is 11.8 Å². The van der Waals surface area contributed by atoms with Gasteiger partial charge in [-0.2, -0.15) is 0 Å². The molecule has 0 radical (unpaired) electrons. The molecule has 3 rings (SSSR count). The van der Waals surface area contributed by atoms with E-state index in [2.05, 4.69) is 5.32 Å². The normalized spacial score (nSPS) is 12.9. The molecule has 16 heteroatoms. The van der Waals surface area contributed by atoms with E-state index in [9.17, 15) is 19.2 Å². The predicted molar refractivity (Wildman–Crippen MR) is 181 cm³/mol. The van der Waals surface area contributed by atoms with Crippen LogP contribution in [-0.4, -0.2) is 141 Å². The molecule has 16 nitrogen and oxygen atoms in total. The van der Waals surface area contributed by atoms with Crippen LogP contribution < -0.4 is 16.7 Å². The lowest BCUT2D eigenvalue weighted by Crippen LogP contribution is -2.33. The number of benzene rings is 1. The summed E-state index contributed by atoms with van der Waals surface area (Å²) in [7, 11) is 0. The third-order valence-electron chi connectivity index (χ3n) is 7.18. The van der Waals surface area contributed by atoms with Crippen molar-refractivity contribution in [1.82, 2.24) is 10.2 Å². The zero-order valence-corrected chi connectivity index (χ0v) is 28.7. The van der Waals surface area contributed by atoms with E-state index < -0.39 is 5.63 Å². The van der Waals surface area contributed by atoms with Crippen LogP contribution in [-0.2, 0) is 58.7 Å². The van der Waals surface area contributed by atoms with Crippen LogP contribution in [0.15, 0.2) is 39.6 Å². The zero-order valence-electron chi connectivity index (χ0n) is 28.7. The molecule has 0 aliphatic carbocycles. The van der Waals surface area contributed by atoms with Crippen LogP contribution in [0.5, 0.6) is 0 Å². The first-order valence-corrected chi connectivity index (χ1v) is 16.6. The van der Waals surface area contributed by atoms with Crippen molar-refractivity contribution in [2.24, 2.45) is 0 Å². The first-order valence-electron chi connectivity index (χ1n) is 16.6. The first kappa shape index (κ1) is 40.7. The number of nitrogens with two attached hydrogens (primary N) is 1. The van der Waals surface area contributed by atoms with Gasteiger partial charge in [-0.25, -0.2) is 4.79 Å². The number of amides is 3. The molecule has 0 atom stereocenters. The minimum Gasteiger partial charge on any atom is -0.422 e. The summed E-state index contributed by atoms with van der Waals surface area (Å²) in [5.41, 5.74) is 7.12. The second kappa shape index (κ2) is 24.4. The summed E-state index contributed by atoms with van der Waals surface area (Å²) in [5, 5.41) is 3.49. The lowest BCUT2D eigenvalue weighted by Gasteiger charge is -2.13. The number of anilines is 1. The number of ether oxygens (including phenoxy) is 8. The van der Waals surface area contributed by atoms with Crippen LogP contribution in [0.25, 0.3) is 11.0 Å². The highest BCUT2D eigenvalue weighted by molar-refractivity contribution is 6.12. The number of rotatable bonds is 29. The summed E-state index contributed by atoms with van der Waals surface area (Å²) in [6, 6.07) is 5.09. The Labute approximate surface area is 291 Å². The Morgan fingerprint density at radius 3 is 1.60 bits per heavy atom. The first-order chi connectivity index (χ1) is 24.4. The molecule has 1 aliphatic heterocycles. The topological polar surface area (TPSA) is 197 Å². The average molecular weight is 708 g/mol. The van der Waals surface area contributed by atoms with E-state index in [1.165, 1.54) is 12.2 Å². The molecule has 1 aliphatic rings. The standard InChI is InChI=1S/C34H49N3O13/c1-26-28-3-2-27(35)24-30(28)50-34(41)29(26)25-31(38)36-6-8-42-10-12-44-14-16-46-18-20-48-22-23-49-21-19-47-17-15-45-13-11-43-9-7-37-32(39)4-5-33(37)40/h2-5,24H,6-23,25,35H2,1H3,(H,36,38).